The lowest BCUT2D eigenvalue weighted by Gasteiger charge is -2.04. The number of hydrogen-bond acceptors (Lipinski definition) is 3. The number of nitrogens with zero attached hydrogens (tertiary/aromatic N) is 2. The van der Waals surface area contributed by atoms with E-state index in [0.717, 1.165) is 16.7 Å². The van der Waals surface area contributed by atoms with Crippen LogP contribution in [-0.4, -0.2) is 25.8 Å². The lowest BCUT2D eigenvalue weighted by Crippen LogP contribution is -2.13. The maximum Gasteiger partial charge on any atom is 0.274 e. The van der Waals surface area contributed by atoms with Crippen LogP contribution in [0.1, 0.15) is 10.5 Å². The average Bonchev–Trinajstić information content (AvgIpc) is 3.22. The smallest absolute Gasteiger partial charge is 0.274 e. The van der Waals surface area contributed by atoms with Gasteiger partial charge in [0.15, 0.2) is 5.82 Å². The van der Waals surface area contributed by atoms with E-state index in [2.05, 4.69) is 25.3 Å². The van der Waals surface area contributed by atoms with Gasteiger partial charge in [-0.1, -0.05) is 30.3 Å². The van der Waals surface area contributed by atoms with E-state index in [1.54, 1.807) is 0 Å². The van der Waals surface area contributed by atoms with Crippen molar-refractivity contribution in [1.29, 1.82) is 0 Å². The molecular weight excluding hydrogens is 290 g/mol. The molecule has 0 fully saturated rings. The Balaban J connectivity index is 1.69. The summed E-state index contributed by atoms with van der Waals surface area (Å²) in [6.45, 7) is 0. The van der Waals surface area contributed by atoms with Crippen molar-refractivity contribution < 1.29 is 4.79 Å². The second-order valence-electron chi connectivity index (χ2n) is 5.05. The van der Waals surface area contributed by atoms with Crippen LogP contribution in [0.25, 0.3) is 22.6 Å². The Labute approximate surface area is 131 Å². The standard InChI is InChI=1S/C17H13N5O/c23-17(20-11-6-2-1-3-7-11)15-14(18-10-19-15)16-21-12-8-4-5-9-13(12)22-16/h1-10H,(H,18,19)(H,20,23)(H,21,22). The molecule has 6 heteroatoms. The van der Waals surface area contributed by atoms with Crippen molar-refractivity contribution in [2.24, 2.45) is 0 Å². The highest BCUT2D eigenvalue weighted by Crippen LogP contribution is 2.21. The zero-order valence-corrected chi connectivity index (χ0v) is 12.1. The van der Waals surface area contributed by atoms with Crippen LogP contribution >= 0.6 is 0 Å². The van der Waals surface area contributed by atoms with Crippen LogP contribution in [0.4, 0.5) is 5.69 Å². The number of fused-ring (bicyclic) bond motifs is 1. The summed E-state index contributed by atoms with van der Waals surface area (Å²) in [5.74, 6) is 0.301. The van der Waals surface area contributed by atoms with Crippen LogP contribution in [-0.2, 0) is 0 Å². The zero-order valence-electron chi connectivity index (χ0n) is 12.1. The van der Waals surface area contributed by atoms with Crippen LogP contribution in [0.5, 0.6) is 0 Å². The molecule has 2 heterocycles. The van der Waals surface area contributed by atoms with Gasteiger partial charge in [-0.3, -0.25) is 4.79 Å². The predicted molar refractivity (Wildman–Crippen MR) is 88.1 cm³/mol. The van der Waals surface area contributed by atoms with Gasteiger partial charge in [0.05, 0.1) is 17.4 Å². The van der Waals surface area contributed by atoms with Gasteiger partial charge in [-0.05, 0) is 24.3 Å². The topological polar surface area (TPSA) is 86.5 Å². The molecule has 0 saturated carbocycles. The van der Waals surface area contributed by atoms with Gasteiger partial charge < -0.3 is 15.3 Å². The van der Waals surface area contributed by atoms with Gasteiger partial charge in [0.1, 0.15) is 11.4 Å². The van der Waals surface area contributed by atoms with Gasteiger partial charge in [-0.15, -0.1) is 0 Å². The van der Waals surface area contributed by atoms with Crippen LogP contribution in [0.15, 0.2) is 60.9 Å². The molecule has 0 saturated heterocycles. The lowest BCUT2D eigenvalue weighted by atomic mass is 10.2. The fraction of sp³-hybridized carbons (Fsp3) is 0. The maximum absolute atomic E-state index is 12.5. The number of hydrogen-bond donors (Lipinski definition) is 3. The number of amides is 1. The first-order valence-electron chi connectivity index (χ1n) is 7.16. The molecule has 6 nitrogen and oxygen atoms in total. The van der Waals surface area contributed by atoms with Crippen molar-refractivity contribution in [3.05, 3.63) is 66.6 Å². The van der Waals surface area contributed by atoms with Crippen LogP contribution in [0.2, 0.25) is 0 Å². The first-order chi connectivity index (χ1) is 11.3. The minimum Gasteiger partial charge on any atom is -0.340 e. The highest BCUT2D eigenvalue weighted by Gasteiger charge is 2.18. The number of aromatic nitrogens is 4. The number of carbonyl (C=O) groups excluding carboxylic acids is 1. The van der Waals surface area contributed by atoms with Crippen molar-refractivity contribution in [2.75, 3.05) is 5.32 Å². The molecule has 0 radical (unpaired) electrons. The third-order valence-electron chi connectivity index (χ3n) is 3.51. The predicted octanol–water partition coefficient (Wildman–Crippen LogP) is 3.21. The van der Waals surface area contributed by atoms with Crippen LogP contribution < -0.4 is 5.32 Å². The fourth-order valence-corrected chi connectivity index (χ4v) is 2.43. The van der Waals surface area contributed by atoms with E-state index in [0.29, 0.717) is 17.2 Å². The van der Waals surface area contributed by atoms with Gasteiger partial charge in [0.25, 0.3) is 5.91 Å². The molecule has 0 atom stereocenters. The molecule has 23 heavy (non-hydrogen) atoms. The first kappa shape index (κ1) is 13.3. The summed E-state index contributed by atoms with van der Waals surface area (Å²) in [6, 6.07) is 17.0. The Morgan fingerprint density at radius 2 is 1.78 bits per heavy atom. The number of imidazole rings is 2. The number of para-hydroxylation sites is 3. The number of anilines is 1. The van der Waals surface area contributed by atoms with E-state index in [-0.39, 0.29) is 5.91 Å². The summed E-state index contributed by atoms with van der Waals surface area (Å²) < 4.78 is 0. The number of carbonyl (C=O) groups is 1. The second kappa shape index (κ2) is 5.42. The fourth-order valence-electron chi connectivity index (χ4n) is 2.43. The van der Waals surface area contributed by atoms with Crippen LogP contribution in [0.3, 0.4) is 0 Å². The molecule has 3 N–H and O–H groups in total. The SMILES string of the molecule is O=C(Nc1ccccc1)c1[nH]cnc1-c1nc2ccccc2[nH]1. The third-order valence-corrected chi connectivity index (χ3v) is 3.51. The molecule has 0 aliphatic rings. The maximum atomic E-state index is 12.5. The van der Waals surface area contributed by atoms with E-state index in [1.165, 1.54) is 6.33 Å². The first-order valence-corrected chi connectivity index (χ1v) is 7.16. The minimum absolute atomic E-state index is 0.260. The summed E-state index contributed by atoms with van der Waals surface area (Å²) in [5, 5.41) is 2.84. The van der Waals surface area contributed by atoms with Crippen LogP contribution in [0, 0.1) is 0 Å². The van der Waals surface area contributed by atoms with Crippen molar-refractivity contribution in [2.45, 2.75) is 0 Å². The van der Waals surface area contributed by atoms with Crippen molar-refractivity contribution in [3.63, 3.8) is 0 Å². The summed E-state index contributed by atoms with van der Waals surface area (Å²) in [5.41, 5.74) is 3.32. The number of rotatable bonds is 3. The molecule has 0 unspecified atom stereocenters. The Kier molecular flexibility index (Phi) is 3.12. The van der Waals surface area contributed by atoms with E-state index in [4.69, 9.17) is 0 Å². The van der Waals surface area contributed by atoms with Crippen molar-refractivity contribution >= 4 is 22.6 Å². The zero-order chi connectivity index (χ0) is 15.6. The van der Waals surface area contributed by atoms with E-state index < -0.39 is 0 Å². The van der Waals surface area contributed by atoms with E-state index in [1.807, 2.05) is 54.6 Å². The lowest BCUT2D eigenvalue weighted by molar-refractivity contribution is 0.102. The number of H-pyrrole nitrogens is 2. The van der Waals surface area contributed by atoms with Crippen molar-refractivity contribution in [1.82, 2.24) is 19.9 Å². The van der Waals surface area contributed by atoms with Crippen molar-refractivity contribution in [3.8, 4) is 11.5 Å². The normalized spacial score (nSPS) is 10.8. The molecule has 4 rings (SSSR count). The molecule has 0 aliphatic heterocycles. The number of benzene rings is 2. The quantitative estimate of drug-likeness (QED) is 0.543. The largest absolute Gasteiger partial charge is 0.340 e. The Bertz CT molecular complexity index is 938. The van der Waals surface area contributed by atoms with Gasteiger partial charge >= 0.3 is 0 Å². The average molecular weight is 303 g/mol. The minimum atomic E-state index is -0.260. The Hall–Kier alpha value is -3.41. The Morgan fingerprint density at radius 3 is 2.61 bits per heavy atom. The van der Waals surface area contributed by atoms with E-state index in [9.17, 15) is 4.79 Å². The van der Waals surface area contributed by atoms with Gasteiger partial charge in [-0.25, -0.2) is 9.97 Å². The number of aromatic amines is 2. The Morgan fingerprint density at radius 1 is 1.00 bits per heavy atom. The molecule has 4 aromatic rings. The van der Waals surface area contributed by atoms with Gasteiger partial charge in [0, 0.05) is 5.69 Å². The molecule has 2 aromatic carbocycles. The summed E-state index contributed by atoms with van der Waals surface area (Å²) in [7, 11) is 0. The number of nitrogens with one attached hydrogen (secondary N) is 3. The molecule has 1 amide bonds. The molecule has 2 aromatic heterocycles. The van der Waals surface area contributed by atoms with E-state index >= 15 is 0 Å². The summed E-state index contributed by atoms with van der Waals surface area (Å²) in [6.07, 6.45) is 1.49. The summed E-state index contributed by atoms with van der Waals surface area (Å²) >= 11 is 0. The summed E-state index contributed by atoms with van der Waals surface area (Å²) in [4.78, 5) is 27.3. The molecular formula is C17H13N5O. The highest BCUT2D eigenvalue weighted by atomic mass is 16.1. The monoisotopic (exact) mass is 303 g/mol. The molecule has 0 aliphatic carbocycles. The molecule has 0 bridgehead atoms. The van der Waals surface area contributed by atoms with Gasteiger partial charge in [-0.2, -0.15) is 0 Å². The second-order valence-corrected chi connectivity index (χ2v) is 5.05. The van der Waals surface area contributed by atoms with Gasteiger partial charge in [0.2, 0.25) is 0 Å². The molecule has 0 spiro atoms. The highest BCUT2D eigenvalue weighted by molar-refractivity contribution is 6.06. The molecule has 112 valence electrons. The third kappa shape index (κ3) is 2.46.